The molecule has 0 spiro atoms. The van der Waals surface area contributed by atoms with E-state index >= 15 is 0 Å². The van der Waals surface area contributed by atoms with Crippen molar-refractivity contribution >= 4 is 27.7 Å². The second-order valence-corrected chi connectivity index (χ2v) is 7.44. The highest BCUT2D eigenvalue weighted by Gasteiger charge is 2.22. The maximum atomic E-state index is 12.4. The van der Waals surface area contributed by atoms with E-state index < -0.39 is 0 Å². The van der Waals surface area contributed by atoms with Gasteiger partial charge in [-0.1, -0.05) is 81.4 Å². The van der Waals surface area contributed by atoms with Gasteiger partial charge in [-0.25, -0.2) is 0 Å². The van der Waals surface area contributed by atoms with E-state index in [1.54, 1.807) is 0 Å². The van der Waals surface area contributed by atoms with Crippen molar-refractivity contribution in [1.82, 2.24) is 0 Å². The van der Waals surface area contributed by atoms with E-state index in [4.69, 9.17) is 4.42 Å². The second-order valence-electron chi connectivity index (χ2n) is 7.44. The fourth-order valence-electron chi connectivity index (χ4n) is 3.21. The minimum absolute atomic E-state index is 0.154. The molecule has 2 heteroatoms. The lowest BCUT2D eigenvalue weighted by molar-refractivity contribution is 0.0858. The number of furan rings is 1. The van der Waals surface area contributed by atoms with Crippen molar-refractivity contribution in [3.05, 3.63) is 72.3 Å². The Morgan fingerprint density at radius 1 is 0.800 bits per heavy atom. The van der Waals surface area contributed by atoms with E-state index in [0.717, 1.165) is 38.6 Å². The number of hydrogen-bond donors (Lipinski definition) is 0. The molecule has 0 amide bonds. The van der Waals surface area contributed by atoms with Crippen LogP contribution in [0.15, 0.2) is 71.1 Å². The van der Waals surface area contributed by atoms with Gasteiger partial charge >= 0.3 is 0 Å². The number of para-hydroxylation sites is 2. The molecule has 0 N–H and O–H groups in total. The van der Waals surface area contributed by atoms with Crippen molar-refractivity contribution in [2.45, 2.75) is 20.8 Å². The van der Waals surface area contributed by atoms with Gasteiger partial charge in [0.05, 0.1) is 0 Å². The Kier molecular flexibility index (Phi) is 3.50. The molecule has 4 rings (SSSR count). The van der Waals surface area contributed by atoms with Gasteiger partial charge in [0, 0.05) is 27.3 Å². The van der Waals surface area contributed by atoms with Crippen molar-refractivity contribution in [3.8, 4) is 11.1 Å². The quantitative estimate of drug-likeness (QED) is 0.394. The number of Topliss-reactive ketones (excluding diaryl/α,β-unsaturated/α-hetero) is 1. The zero-order valence-electron chi connectivity index (χ0n) is 14.7. The highest BCUT2D eigenvalue weighted by atomic mass is 16.3. The Morgan fingerprint density at radius 3 is 2.20 bits per heavy atom. The lowest BCUT2D eigenvalue weighted by Gasteiger charge is -2.16. The minimum atomic E-state index is -0.375. The van der Waals surface area contributed by atoms with E-state index in [-0.39, 0.29) is 11.2 Å². The highest BCUT2D eigenvalue weighted by Crippen LogP contribution is 2.35. The third-order valence-electron chi connectivity index (χ3n) is 4.54. The van der Waals surface area contributed by atoms with Crippen molar-refractivity contribution in [3.63, 3.8) is 0 Å². The minimum Gasteiger partial charge on any atom is -0.455 e. The first-order valence-corrected chi connectivity index (χ1v) is 8.51. The first-order chi connectivity index (χ1) is 11.9. The number of carbonyl (C=O) groups excluding carboxylic acids is 1. The maximum absolute atomic E-state index is 12.4. The number of carbonyl (C=O) groups is 1. The monoisotopic (exact) mass is 328 g/mol. The predicted molar refractivity (Wildman–Crippen MR) is 103 cm³/mol. The summed E-state index contributed by atoms with van der Waals surface area (Å²) in [7, 11) is 0. The summed E-state index contributed by atoms with van der Waals surface area (Å²) in [6, 6.07) is 22.1. The van der Waals surface area contributed by atoms with Crippen LogP contribution in [0.3, 0.4) is 0 Å². The van der Waals surface area contributed by atoms with Crippen LogP contribution in [0.25, 0.3) is 33.1 Å². The van der Waals surface area contributed by atoms with Crippen molar-refractivity contribution < 1.29 is 9.21 Å². The fourth-order valence-corrected chi connectivity index (χ4v) is 3.21. The van der Waals surface area contributed by atoms with Gasteiger partial charge in [-0.05, 0) is 11.6 Å². The predicted octanol–water partition coefficient (Wildman–Crippen LogP) is 6.48. The summed E-state index contributed by atoms with van der Waals surface area (Å²) in [5.74, 6) is 0.154. The van der Waals surface area contributed by atoms with Crippen molar-refractivity contribution in [1.29, 1.82) is 0 Å². The molecule has 25 heavy (non-hydrogen) atoms. The number of ketones is 1. The third kappa shape index (κ3) is 2.64. The van der Waals surface area contributed by atoms with E-state index in [2.05, 4.69) is 18.2 Å². The summed E-state index contributed by atoms with van der Waals surface area (Å²) in [4.78, 5) is 12.4. The van der Waals surface area contributed by atoms with E-state index in [0.29, 0.717) is 0 Å². The Hall–Kier alpha value is -2.87. The van der Waals surface area contributed by atoms with E-state index in [9.17, 15) is 4.79 Å². The first kappa shape index (κ1) is 15.6. The molecule has 124 valence electrons. The molecule has 2 nitrogen and oxygen atoms in total. The molecule has 0 radical (unpaired) electrons. The summed E-state index contributed by atoms with van der Waals surface area (Å²) < 4.78 is 6.10. The van der Waals surface area contributed by atoms with Crippen LogP contribution in [0, 0.1) is 5.41 Å². The molecule has 0 aliphatic carbocycles. The molecule has 4 aromatic rings. The molecule has 0 fully saturated rings. The largest absolute Gasteiger partial charge is 0.455 e. The van der Waals surface area contributed by atoms with Gasteiger partial charge in [0.15, 0.2) is 5.78 Å². The zero-order valence-corrected chi connectivity index (χ0v) is 14.7. The van der Waals surface area contributed by atoms with Gasteiger partial charge in [-0.3, -0.25) is 4.79 Å². The highest BCUT2D eigenvalue weighted by molar-refractivity contribution is 6.09. The Bertz CT molecular complexity index is 1080. The Balaban J connectivity index is 1.84. The van der Waals surface area contributed by atoms with Gasteiger partial charge in [0.2, 0.25) is 0 Å². The standard InChI is InChI=1S/C23H20O2/c1-23(2,3)22(24)16-13-11-15(12-14-16)17-8-6-9-19-18-7-4-5-10-20(18)25-21(17)19/h4-14H,1-3H3. The summed E-state index contributed by atoms with van der Waals surface area (Å²) in [5.41, 5.74) is 4.25. The molecule has 0 bridgehead atoms. The molecular formula is C23H20O2. The van der Waals surface area contributed by atoms with E-state index in [1.165, 1.54) is 0 Å². The van der Waals surface area contributed by atoms with Crippen molar-refractivity contribution in [2.24, 2.45) is 5.41 Å². The van der Waals surface area contributed by atoms with Crippen LogP contribution in [0.4, 0.5) is 0 Å². The van der Waals surface area contributed by atoms with Crippen LogP contribution in [-0.4, -0.2) is 5.78 Å². The summed E-state index contributed by atoms with van der Waals surface area (Å²) in [6.07, 6.45) is 0. The molecule has 0 aliphatic heterocycles. The lowest BCUT2D eigenvalue weighted by atomic mass is 9.86. The number of fused-ring (bicyclic) bond motifs is 3. The SMILES string of the molecule is CC(C)(C)C(=O)c1ccc(-c2cccc3c2oc2ccccc23)cc1. The average Bonchev–Trinajstić information content (AvgIpc) is 2.99. The molecule has 0 atom stereocenters. The van der Waals surface area contributed by atoms with Gasteiger partial charge < -0.3 is 4.42 Å². The first-order valence-electron chi connectivity index (χ1n) is 8.51. The number of benzene rings is 3. The fraction of sp³-hybridized carbons (Fsp3) is 0.174. The van der Waals surface area contributed by atoms with Crippen LogP contribution in [-0.2, 0) is 0 Å². The summed E-state index contributed by atoms with van der Waals surface area (Å²) in [6.45, 7) is 5.83. The summed E-state index contributed by atoms with van der Waals surface area (Å²) >= 11 is 0. The molecule has 1 aromatic heterocycles. The van der Waals surface area contributed by atoms with Crippen LogP contribution < -0.4 is 0 Å². The zero-order chi connectivity index (χ0) is 17.6. The van der Waals surface area contributed by atoms with Crippen LogP contribution >= 0.6 is 0 Å². The molecule has 1 heterocycles. The lowest BCUT2D eigenvalue weighted by Crippen LogP contribution is -2.19. The second kappa shape index (κ2) is 5.59. The number of rotatable bonds is 2. The number of hydrogen-bond acceptors (Lipinski definition) is 2. The Labute approximate surface area is 147 Å². The molecular weight excluding hydrogens is 308 g/mol. The molecule has 3 aromatic carbocycles. The van der Waals surface area contributed by atoms with Gasteiger partial charge in [-0.15, -0.1) is 0 Å². The van der Waals surface area contributed by atoms with Crippen LogP contribution in [0.5, 0.6) is 0 Å². The molecule has 0 saturated carbocycles. The summed E-state index contributed by atoms with van der Waals surface area (Å²) in [5, 5.41) is 2.24. The molecule has 0 aliphatic rings. The van der Waals surface area contributed by atoms with Gasteiger partial charge in [0.1, 0.15) is 11.2 Å². The molecule has 0 unspecified atom stereocenters. The topological polar surface area (TPSA) is 30.2 Å². The average molecular weight is 328 g/mol. The maximum Gasteiger partial charge on any atom is 0.168 e. The van der Waals surface area contributed by atoms with Crippen LogP contribution in [0.2, 0.25) is 0 Å². The third-order valence-corrected chi connectivity index (χ3v) is 4.54. The molecule has 0 saturated heterocycles. The van der Waals surface area contributed by atoms with Gasteiger partial charge in [0.25, 0.3) is 0 Å². The Morgan fingerprint density at radius 2 is 1.48 bits per heavy atom. The smallest absolute Gasteiger partial charge is 0.168 e. The van der Waals surface area contributed by atoms with Crippen molar-refractivity contribution in [2.75, 3.05) is 0 Å². The van der Waals surface area contributed by atoms with Crippen LogP contribution in [0.1, 0.15) is 31.1 Å². The van der Waals surface area contributed by atoms with E-state index in [1.807, 2.05) is 69.3 Å². The normalized spacial score (nSPS) is 12.0. The van der Waals surface area contributed by atoms with Gasteiger partial charge in [-0.2, -0.15) is 0 Å².